The van der Waals surface area contributed by atoms with Crippen LogP contribution in [0.4, 0.5) is 4.39 Å². The highest BCUT2D eigenvalue weighted by molar-refractivity contribution is 5.67. The lowest BCUT2D eigenvalue weighted by molar-refractivity contribution is 0.221. The van der Waals surface area contributed by atoms with Crippen molar-refractivity contribution < 1.29 is 8.81 Å². The summed E-state index contributed by atoms with van der Waals surface area (Å²) in [4.78, 5) is 4.37. The van der Waals surface area contributed by atoms with Crippen molar-refractivity contribution in [3.8, 4) is 34.2 Å². The van der Waals surface area contributed by atoms with Crippen molar-refractivity contribution in [1.29, 1.82) is 0 Å². The lowest BCUT2D eigenvalue weighted by Crippen LogP contribution is -2.08. The van der Waals surface area contributed by atoms with Crippen LogP contribution < -0.4 is 0 Å². The van der Waals surface area contributed by atoms with Crippen LogP contribution in [0.5, 0.6) is 0 Å². The van der Waals surface area contributed by atoms with E-state index in [0.29, 0.717) is 17.3 Å². The van der Waals surface area contributed by atoms with E-state index < -0.39 is 5.67 Å². The second-order valence-electron chi connectivity index (χ2n) is 6.76. The van der Waals surface area contributed by atoms with E-state index in [1.807, 2.05) is 42.5 Å². The molecule has 0 aliphatic rings. The van der Waals surface area contributed by atoms with Crippen LogP contribution in [-0.4, -0.2) is 15.2 Å². The molecular weight excluding hydrogens is 341 g/mol. The zero-order valence-corrected chi connectivity index (χ0v) is 15.1. The van der Waals surface area contributed by atoms with Gasteiger partial charge >= 0.3 is 0 Å². The summed E-state index contributed by atoms with van der Waals surface area (Å²) in [6, 6.07) is 20.6. The van der Waals surface area contributed by atoms with Gasteiger partial charge in [-0.05, 0) is 55.8 Å². The van der Waals surface area contributed by atoms with E-state index in [-0.39, 0.29) is 0 Å². The number of alkyl halides is 1. The molecule has 2 aromatic heterocycles. The van der Waals surface area contributed by atoms with Gasteiger partial charge < -0.3 is 4.42 Å². The SMILES string of the molecule is CC(C)(F)c1ccc(-c2nnc(-c3cccc(-c4ccccn4)c3)o2)cc1. The first-order valence-electron chi connectivity index (χ1n) is 8.66. The zero-order valence-electron chi connectivity index (χ0n) is 15.1. The molecule has 4 nitrogen and oxygen atoms in total. The minimum absolute atomic E-state index is 0.399. The molecule has 0 unspecified atom stereocenters. The Bertz CT molecular complexity index is 1050. The standard InChI is InChI=1S/C22H18FN3O/c1-22(2,23)18-11-9-15(10-12-18)20-25-26-21(27-20)17-7-5-6-16(14-17)19-8-3-4-13-24-19/h3-14H,1-2H3. The monoisotopic (exact) mass is 359 g/mol. The summed E-state index contributed by atoms with van der Waals surface area (Å²) in [5.74, 6) is 0.828. The fourth-order valence-electron chi connectivity index (χ4n) is 2.81. The first-order chi connectivity index (χ1) is 13.0. The molecule has 0 aliphatic carbocycles. The van der Waals surface area contributed by atoms with E-state index in [1.54, 1.807) is 30.5 Å². The average molecular weight is 359 g/mol. The highest BCUT2D eigenvalue weighted by Crippen LogP contribution is 2.29. The van der Waals surface area contributed by atoms with Crippen molar-refractivity contribution in [2.75, 3.05) is 0 Å². The first-order valence-corrected chi connectivity index (χ1v) is 8.66. The Morgan fingerprint density at radius 3 is 2.15 bits per heavy atom. The van der Waals surface area contributed by atoms with Gasteiger partial charge in [-0.2, -0.15) is 0 Å². The van der Waals surface area contributed by atoms with Crippen LogP contribution in [0.2, 0.25) is 0 Å². The fraction of sp³-hybridized carbons (Fsp3) is 0.136. The summed E-state index contributed by atoms with van der Waals surface area (Å²) in [5, 5.41) is 8.29. The maximum Gasteiger partial charge on any atom is 0.248 e. The van der Waals surface area contributed by atoms with Crippen molar-refractivity contribution in [2.45, 2.75) is 19.5 Å². The quantitative estimate of drug-likeness (QED) is 0.471. The number of nitrogens with zero attached hydrogens (tertiary/aromatic N) is 3. The molecule has 0 bridgehead atoms. The van der Waals surface area contributed by atoms with E-state index >= 15 is 0 Å². The van der Waals surface area contributed by atoms with Gasteiger partial charge in [0.1, 0.15) is 5.67 Å². The van der Waals surface area contributed by atoms with Gasteiger partial charge in [0.25, 0.3) is 0 Å². The van der Waals surface area contributed by atoms with Gasteiger partial charge in [-0.15, -0.1) is 10.2 Å². The van der Waals surface area contributed by atoms with Crippen LogP contribution in [0.3, 0.4) is 0 Å². The molecule has 0 radical (unpaired) electrons. The van der Waals surface area contributed by atoms with Crippen LogP contribution >= 0.6 is 0 Å². The molecule has 0 N–H and O–H groups in total. The molecule has 0 atom stereocenters. The van der Waals surface area contributed by atoms with Crippen molar-refractivity contribution in [3.63, 3.8) is 0 Å². The summed E-state index contributed by atoms with van der Waals surface area (Å²) in [6.07, 6.45) is 1.76. The maximum absolute atomic E-state index is 14.0. The second-order valence-corrected chi connectivity index (χ2v) is 6.76. The van der Waals surface area contributed by atoms with Crippen molar-refractivity contribution >= 4 is 0 Å². The summed E-state index contributed by atoms with van der Waals surface area (Å²) in [5.41, 5.74) is 2.64. The molecule has 4 aromatic rings. The molecule has 0 spiro atoms. The predicted molar refractivity (Wildman–Crippen MR) is 103 cm³/mol. The fourth-order valence-corrected chi connectivity index (χ4v) is 2.81. The third-order valence-electron chi connectivity index (χ3n) is 4.31. The smallest absolute Gasteiger partial charge is 0.248 e. The predicted octanol–water partition coefficient (Wildman–Crippen LogP) is 5.67. The molecule has 0 aliphatic heterocycles. The maximum atomic E-state index is 14.0. The van der Waals surface area contributed by atoms with Crippen molar-refractivity contribution in [2.24, 2.45) is 0 Å². The number of pyridine rings is 1. The topological polar surface area (TPSA) is 51.8 Å². The van der Waals surface area contributed by atoms with Gasteiger partial charge in [0.05, 0.1) is 5.69 Å². The van der Waals surface area contributed by atoms with Gasteiger partial charge in [0.2, 0.25) is 11.8 Å². The van der Waals surface area contributed by atoms with Crippen molar-refractivity contribution in [1.82, 2.24) is 15.2 Å². The number of hydrogen-bond acceptors (Lipinski definition) is 4. The molecule has 27 heavy (non-hydrogen) atoms. The second kappa shape index (κ2) is 6.76. The van der Waals surface area contributed by atoms with Crippen LogP contribution in [0.25, 0.3) is 34.2 Å². The molecule has 0 amide bonds. The Labute approximate surface area is 156 Å². The molecule has 4 rings (SSSR count). The normalized spacial score (nSPS) is 11.5. The van der Waals surface area contributed by atoms with E-state index in [0.717, 1.165) is 22.4 Å². The lowest BCUT2D eigenvalue weighted by atomic mass is 9.99. The Morgan fingerprint density at radius 1 is 0.778 bits per heavy atom. The lowest BCUT2D eigenvalue weighted by Gasteiger charge is -2.14. The Hall–Kier alpha value is -3.34. The summed E-state index contributed by atoms with van der Waals surface area (Å²) in [6.45, 7) is 3.06. The van der Waals surface area contributed by atoms with Crippen LogP contribution in [0, 0.1) is 0 Å². The van der Waals surface area contributed by atoms with Gasteiger partial charge in [-0.25, -0.2) is 4.39 Å². The van der Waals surface area contributed by atoms with E-state index in [4.69, 9.17) is 4.42 Å². The number of hydrogen-bond donors (Lipinski definition) is 0. The minimum Gasteiger partial charge on any atom is -0.416 e. The number of benzene rings is 2. The highest BCUT2D eigenvalue weighted by atomic mass is 19.1. The summed E-state index contributed by atoms with van der Waals surface area (Å²) in [7, 11) is 0. The Balaban J connectivity index is 1.63. The van der Waals surface area contributed by atoms with Crippen LogP contribution in [-0.2, 0) is 5.67 Å². The van der Waals surface area contributed by atoms with Crippen molar-refractivity contribution in [3.05, 3.63) is 78.5 Å². The largest absolute Gasteiger partial charge is 0.416 e. The van der Waals surface area contributed by atoms with Crippen LogP contribution in [0.15, 0.2) is 77.3 Å². The Kier molecular flexibility index (Phi) is 4.28. The van der Waals surface area contributed by atoms with Gasteiger partial charge in [0, 0.05) is 22.9 Å². The van der Waals surface area contributed by atoms with Crippen LogP contribution in [0.1, 0.15) is 19.4 Å². The van der Waals surface area contributed by atoms with E-state index in [1.165, 1.54) is 13.8 Å². The molecule has 134 valence electrons. The molecule has 0 saturated carbocycles. The minimum atomic E-state index is -1.38. The third-order valence-corrected chi connectivity index (χ3v) is 4.31. The molecule has 2 aromatic carbocycles. The molecular formula is C22H18FN3O. The van der Waals surface area contributed by atoms with E-state index in [9.17, 15) is 4.39 Å². The van der Waals surface area contributed by atoms with Gasteiger partial charge in [-0.1, -0.05) is 30.3 Å². The number of halogens is 1. The summed E-state index contributed by atoms with van der Waals surface area (Å²) < 4.78 is 19.8. The summed E-state index contributed by atoms with van der Waals surface area (Å²) >= 11 is 0. The van der Waals surface area contributed by atoms with Gasteiger partial charge in [-0.3, -0.25) is 4.98 Å². The first kappa shape index (κ1) is 17.1. The molecule has 2 heterocycles. The molecule has 0 saturated heterocycles. The zero-order chi connectivity index (χ0) is 18.9. The molecule has 0 fully saturated rings. The van der Waals surface area contributed by atoms with Gasteiger partial charge in [0.15, 0.2) is 0 Å². The third kappa shape index (κ3) is 3.62. The average Bonchev–Trinajstić information content (AvgIpc) is 3.19. The van der Waals surface area contributed by atoms with E-state index in [2.05, 4.69) is 15.2 Å². The number of aromatic nitrogens is 3. The Morgan fingerprint density at radius 2 is 1.48 bits per heavy atom. The number of rotatable bonds is 4. The molecule has 5 heteroatoms. The highest BCUT2D eigenvalue weighted by Gasteiger charge is 2.19.